The first-order valence-electron chi connectivity index (χ1n) is 5.14. The van der Waals surface area contributed by atoms with Crippen molar-refractivity contribution < 1.29 is 9.53 Å². The van der Waals surface area contributed by atoms with Crippen LogP contribution < -0.4 is 5.32 Å². The monoisotopic (exact) mass is 323 g/mol. The molecular weight excluding hydrogens is 305 g/mol. The average molecular weight is 323 g/mol. The Balaban J connectivity index is 2.60. The summed E-state index contributed by atoms with van der Waals surface area (Å²) >= 11 is 2.32. The lowest BCUT2D eigenvalue weighted by Crippen LogP contribution is -2.42. The summed E-state index contributed by atoms with van der Waals surface area (Å²) in [4.78, 5) is 11.7. The van der Waals surface area contributed by atoms with Crippen molar-refractivity contribution >= 4 is 28.6 Å². The average Bonchev–Trinajstić information content (AvgIpc) is 2.15. The maximum Gasteiger partial charge on any atom is 0.327 e. The van der Waals surface area contributed by atoms with Gasteiger partial charge in [0.1, 0.15) is 11.6 Å². The Morgan fingerprint density at radius 3 is 2.87 bits per heavy atom. The summed E-state index contributed by atoms with van der Waals surface area (Å²) in [6, 6.07) is -0.261. The van der Waals surface area contributed by atoms with Gasteiger partial charge in [0.25, 0.3) is 0 Å². The lowest BCUT2D eigenvalue weighted by Gasteiger charge is -2.25. The summed E-state index contributed by atoms with van der Waals surface area (Å²) in [6.45, 7) is 6.52. The van der Waals surface area contributed by atoms with Gasteiger partial charge in [0, 0.05) is 4.43 Å². The first kappa shape index (κ1) is 13.0. The molecule has 1 rings (SSSR count). The molecule has 4 heteroatoms. The van der Waals surface area contributed by atoms with Crippen LogP contribution in [0.5, 0.6) is 0 Å². The van der Waals surface area contributed by atoms with E-state index >= 15 is 0 Å². The van der Waals surface area contributed by atoms with Crippen LogP contribution in [0.4, 0.5) is 0 Å². The van der Waals surface area contributed by atoms with Crippen molar-refractivity contribution in [2.24, 2.45) is 0 Å². The minimum atomic E-state index is -0.408. The lowest BCUT2D eigenvalue weighted by atomic mass is 10.1. The molecule has 0 spiro atoms. The number of nitrogens with one attached hydrogen (secondary N) is 1. The molecule has 0 bridgehead atoms. The van der Waals surface area contributed by atoms with Gasteiger partial charge in [-0.15, -0.1) is 0 Å². The quantitative estimate of drug-likeness (QED) is 0.366. The normalized spacial score (nSPS) is 22.1. The highest BCUT2D eigenvalue weighted by Gasteiger charge is 2.25. The summed E-state index contributed by atoms with van der Waals surface area (Å²) in [5, 5.41) is 3.15. The topological polar surface area (TPSA) is 38.3 Å². The standard InChI is InChI=1S/C11H18INO2/c1-11(2,3)15-10(14)9-6-8(7-12)4-5-13-9/h6,9,13H,4-5,7H2,1-3H3. The Hall–Kier alpha value is -0.100. The van der Waals surface area contributed by atoms with E-state index in [9.17, 15) is 4.79 Å². The molecule has 0 saturated heterocycles. The summed E-state index contributed by atoms with van der Waals surface area (Å²) in [5.41, 5.74) is 0.916. The van der Waals surface area contributed by atoms with Gasteiger partial charge >= 0.3 is 5.97 Å². The fraction of sp³-hybridized carbons (Fsp3) is 0.727. The maximum absolute atomic E-state index is 11.7. The molecule has 0 saturated carbocycles. The van der Waals surface area contributed by atoms with Crippen LogP contribution in [0.2, 0.25) is 0 Å². The minimum Gasteiger partial charge on any atom is -0.459 e. The van der Waals surface area contributed by atoms with E-state index in [-0.39, 0.29) is 12.0 Å². The Bertz CT molecular complexity index is 268. The smallest absolute Gasteiger partial charge is 0.327 e. The van der Waals surface area contributed by atoms with E-state index in [0.717, 1.165) is 17.4 Å². The number of carbonyl (C=O) groups excluding carboxylic acids is 1. The zero-order valence-electron chi connectivity index (χ0n) is 9.47. The lowest BCUT2D eigenvalue weighted by molar-refractivity contribution is -0.156. The van der Waals surface area contributed by atoms with Crippen LogP contribution in [0.25, 0.3) is 0 Å². The molecule has 1 atom stereocenters. The number of halogens is 1. The Morgan fingerprint density at radius 2 is 2.33 bits per heavy atom. The number of rotatable bonds is 2. The fourth-order valence-corrected chi connectivity index (χ4v) is 2.03. The molecule has 0 amide bonds. The third-order valence-electron chi connectivity index (χ3n) is 2.05. The number of alkyl halides is 1. The van der Waals surface area contributed by atoms with Crippen molar-refractivity contribution in [2.75, 3.05) is 11.0 Å². The van der Waals surface area contributed by atoms with Crippen LogP contribution in [-0.2, 0) is 9.53 Å². The minimum absolute atomic E-state index is 0.176. The second-order valence-electron chi connectivity index (χ2n) is 4.67. The van der Waals surface area contributed by atoms with Crippen LogP contribution in [0.3, 0.4) is 0 Å². The van der Waals surface area contributed by atoms with E-state index in [1.165, 1.54) is 5.57 Å². The third-order valence-corrected chi connectivity index (χ3v) is 3.02. The maximum atomic E-state index is 11.7. The molecule has 0 aliphatic carbocycles. The van der Waals surface area contributed by atoms with Crippen LogP contribution in [0.15, 0.2) is 11.6 Å². The van der Waals surface area contributed by atoms with E-state index < -0.39 is 5.60 Å². The largest absolute Gasteiger partial charge is 0.459 e. The van der Waals surface area contributed by atoms with Gasteiger partial charge in [-0.3, -0.25) is 0 Å². The molecule has 86 valence electrons. The number of ether oxygens (including phenoxy) is 1. The van der Waals surface area contributed by atoms with Crippen LogP contribution in [-0.4, -0.2) is 28.6 Å². The van der Waals surface area contributed by atoms with E-state index in [0.29, 0.717) is 0 Å². The predicted molar refractivity (Wildman–Crippen MR) is 69.2 cm³/mol. The summed E-state index contributed by atoms with van der Waals surface area (Å²) < 4.78 is 6.31. The van der Waals surface area contributed by atoms with Gasteiger partial charge in [-0.25, -0.2) is 4.79 Å². The molecule has 15 heavy (non-hydrogen) atoms. The van der Waals surface area contributed by atoms with Gasteiger partial charge in [0.2, 0.25) is 0 Å². The number of hydrogen-bond acceptors (Lipinski definition) is 3. The molecule has 0 fully saturated rings. The molecule has 1 N–H and O–H groups in total. The number of hydrogen-bond donors (Lipinski definition) is 1. The predicted octanol–water partition coefficient (Wildman–Crippen LogP) is 2.05. The van der Waals surface area contributed by atoms with E-state index in [4.69, 9.17) is 4.74 Å². The SMILES string of the molecule is CC(C)(C)OC(=O)C1C=C(CI)CCN1. The fourth-order valence-electron chi connectivity index (χ4n) is 1.39. The molecule has 0 aromatic heterocycles. The van der Waals surface area contributed by atoms with Crippen molar-refractivity contribution in [3.8, 4) is 0 Å². The Labute approximate surface area is 105 Å². The zero-order chi connectivity index (χ0) is 11.5. The van der Waals surface area contributed by atoms with Gasteiger partial charge in [0.05, 0.1) is 0 Å². The molecule has 3 nitrogen and oxygen atoms in total. The Kier molecular flexibility index (Phi) is 4.58. The molecule has 1 aliphatic heterocycles. The van der Waals surface area contributed by atoms with Crippen molar-refractivity contribution in [1.29, 1.82) is 0 Å². The molecule has 0 radical (unpaired) electrons. The molecule has 0 aromatic carbocycles. The van der Waals surface area contributed by atoms with Crippen LogP contribution >= 0.6 is 22.6 Å². The van der Waals surface area contributed by atoms with Gasteiger partial charge in [0.15, 0.2) is 0 Å². The summed E-state index contributed by atoms with van der Waals surface area (Å²) in [5.74, 6) is -0.176. The molecule has 1 aliphatic rings. The van der Waals surface area contributed by atoms with Crippen molar-refractivity contribution in [3.63, 3.8) is 0 Å². The van der Waals surface area contributed by atoms with Crippen LogP contribution in [0, 0.1) is 0 Å². The second kappa shape index (κ2) is 5.30. The van der Waals surface area contributed by atoms with E-state index in [1.807, 2.05) is 26.8 Å². The highest BCUT2D eigenvalue weighted by Crippen LogP contribution is 2.14. The first-order valence-corrected chi connectivity index (χ1v) is 6.67. The van der Waals surface area contributed by atoms with Gasteiger partial charge in [-0.2, -0.15) is 0 Å². The molecular formula is C11H18INO2. The summed E-state index contributed by atoms with van der Waals surface area (Å²) in [7, 11) is 0. The zero-order valence-corrected chi connectivity index (χ0v) is 11.6. The van der Waals surface area contributed by atoms with E-state index in [1.54, 1.807) is 0 Å². The van der Waals surface area contributed by atoms with Gasteiger partial charge < -0.3 is 10.1 Å². The van der Waals surface area contributed by atoms with Crippen LogP contribution in [0.1, 0.15) is 27.2 Å². The van der Waals surface area contributed by atoms with E-state index in [2.05, 4.69) is 27.9 Å². The Morgan fingerprint density at radius 1 is 1.67 bits per heavy atom. The number of carbonyl (C=O) groups is 1. The second-order valence-corrected chi connectivity index (χ2v) is 5.44. The highest BCUT2D eigenvalue weighted by molar-refractivity contribution is 14.1. The highest BCUT2D eigenvalue weighted by atomic mass is 127. The van der Waals surface area contributed by atoms with Crippen molar-refractivity contribution in [2.45, 2.75) is 38.8 Å². The van der Waals surface area contributed by atoms with Crippen molar-refractivity contribution in [1.82, 2.24) is 5.32 Å². The van der Waals surface area contributed by atoms with Gasteiger partial charge in [-0.1, -0.05) is 34.2 Å². The van der Waals surface area contributed by atoms with Crippen molar-refractivity contribution in [3.05, 3.63) is 11.6 Å². The number of esters is 1. The summed E-state index contributed by atoms with van der Waals surface area (Å²) in [6.07, 6.45) is 3.02. The third kappa shape index (κ3) is 4.51. The molecule has 1 heterocycles. The molecule has 1 unspecified atom stereocenters. The molecule has 0 aromatic rings. The first-order chi connectivity index (χ1) is 6.92. The van der Waals surface area contributed by atoms with Gasteiger partial charge in [-0.05, 0) is 33.7 Å².